The number of hydrogen-bond acceptors (Lipinski definition) is 3. The highest BCUT2D eigenvalue weighted by Crippen LogP contribution is 2.29. The van der Waals surface area contributed by atoms with Gasteiger partial charge in [0.15, 0.2) is 28.4 Å². The van der Waals surface area contributed by atoms with Crippen LogP contribution in [0.15, 0.2) is 35.5 Å². The summed E-state index contributed by atoms with van der Waals surface area (Å²) < 4.78 is 68.6. The Hall–Kier alpha value is -2.42. The van der Waals surface area contributed by atoms with Crippen molar-refractivity contribution in [2.75, 3.05) is 0 Å². The number of nitrogens with zero attached hydrogens (tertiary/aromatic N) is 3. The van der Waals surface area contributed by atoms with Crippen molar-refractivity contribution in [2.24, 2.45) is 7.05 Å². The molecule has 0 saturated heterocycles. The van der Waals surface area contributed by atoms with E-state index >= 15 is 0 Å². The zero-order valence-electron chi connectivity index (χ0n) is 13.4. The van der Waals surface area contributed by atoms with Gasteiger partial charge in [-0.05, 0) is 5.56 Å². The summed E-state index contributed by atoms with van der Waals surface area (Å²) in [7, 11) is 1.67. The predicted octanol–water partition coefficient (Wildman–Crippen LogP) is 4.39. The SMILES string of the molecule is Cn1c(Cc2ccccc2)nnc1SCc1c(F)c(F)c(F)c(F)c1F. The minimum absolute atomic E-state index is 0.305. The van der Waals surface area contributed by atoms with Crippen LogP contribution in [-0.2, 0) is 19.2 Å². The fraction of sp³-hybridized carbons (Fsp3) is 0.176. The van der Waals surface area contributed by atoms with Crippen molar-refractivity contribution in [3.8, 4) is 0 Å². The van der Waals surface area contributed by atoms with Gasteiger partial charge in [0.1, 0.15) is 5.82 Å². The molecule has 0 radical (unpaired) electrons. The summed E-state index contributed by atoms with van der Waals surface area (Å²) in [5.74, 6) is -9.61. The normalized spacial score (nSPS) is 11.2. The Kier molecular flexibility index (Phi) is 5.26. The number of aromatic nitrogens is 3. The molecule has 0 aliphatic rings. The molecule has 0 atom stereocenters. The van der Waals surface area contributed by atoms with E-state index < -0.39 is 40.4 Å². The average molecular weight is 385 g/mol. The van der Waals surface area contributed by atoms with Gasteiger partial charge >= 0.3 is 0 Å². The van der Waals surface area contributed by atoms with Gasteiger partial charge in [0.05, 0.1) is 0 Å². The van der Waals surface area contributed by atoms with Gasteiger partial charge in [-0.3, -0.25) is 0 Å². The van der Waals surface area contributed by atoms with Crippen LogP contribution in [-0.4, -0.2) is 14.8 Å². The summed E-state index contributed by atoms with van der Waals surface area (Å²) in [6.45, 7) is 0. The van der Waals surface area contributed by atoms with Crippen molar-refractivity contribution in [2.45, 2.75) is 17.3 Å². The maximum atomic E-state index is 13.7. The summed E-state index contributed by atoms with van der Waals surface area (Å²) >= 11 is 0.837. The molecular weight excluding hydrogens is 373 g/mol. The van der Waals surface area contributed by atoms with E-state index in [1.807, 2.05) is 30.3 Å². The molecule has 0 aliphatic carbocycles. The van der Waals surface area contributed by atoms with E-state index in [1.165, 1.54) is 0 Å². The molecule has 0 fully saturated rings. The molecule has 9 heteroatoms. The highest BCUT2D eigenvalue weighted by molar-refractivity contribution is 7.98. The van der Waals surface area contributed by atoms with Crippen molar-refractivity contribution in [3.05, 3.63) is 76.4 Å². The van der Waals surface area contributed by atoms with Gasteiger partial charge in [-0.2, -0.15) is 0 Å². The Bertz CT molecular complexity index is 914. The number of benzene rings is 2. The van der Waals surface area contributed by atoms with Crippen molar-refractivity contribution in [3.63, 3.8) is 0 Å². The van der Waals surface area contributed by atoms with E-state index in [9.17, 15) is 22.0 Å². The third kappa shape index (κ3) is 3.44. The van der Waals surface area contributed by atoms with Gasteiger partial charge in [-0.1, -0.05) is 42.1 Å². The zero-order chi connectivity index (χ0) is 18.8. The molecule has 3 nitrogen and oxygen atoms in total. The van der Waals surface area contributed by atoms with Crippen molar-refractivity contribution >= 4 is 11.8 Å². The summed E-state index contributed by atoms with van der Waals surface area (Å²) in [6, 6.07) is 9.47. The smallest absolute Gasteiger partial charge is 0.200 e. The molecular formula is C17H12F5N3S. The van der Waals surface area contributed by atoms with Crippen LogP contribution in [0.1, 0.15) is 17.0 Å². The minimum atomic E-state index is -2.17. The second-order valence-corrected chi connectivity index (χ2v) is 6.40. The lowest BCUT2D eigenvalue weighted by molar-refractivity contribution is 0.372. The molecule has 0 spiro atoms. The number of rotatable bonds is 5. The molecule has 26 heavy (non-hydrogen) atoms. The van der Waals surface area contributed by atoms with Crippen molar-refractivity contribution < 1.29 is 22.0 Å². The number of halogens is 5. The minimum Gasteiger partial charge on any atom is -0.309 e. The molecule has 0 unspecified atom stereocenters. The van der Waals surface area contributed by atoms with Gasteiger partial charge < -0.3 is 4.57 Å². The van der Waals surface area contributed by atoms with Crippen LogP contribution >= 0.6 is 11.8 Å². The van der Waals surface area contributed by atoms with Crippen LogP contribution in [0.4, 0.5) is 22.0 Å². The van der Waals surface area contributed by atoms with Gasteiger partial charge in [-0.25, -0.2) is 22.0 Å². The first-order valence-corrected chi connectivity index (χ1v) is 8.44. The maximum Gasteiger partial charge on any atom is 0.200 e. The first kappa shape index (κ1) is 18.4. The van der Waals surface area contributed by atoms with Crippen molar-refractivity contribution in [1.29, 1.82) is 0 Å². The Morgan fingerprint density at radius 2 is 1.42 bits per heavy atom. The van der Waals surface area contributed by atoms with E-state index in [0.29, 0.717) is 17.4 Å². The molecule has 0 saturated carbocycles. The van der Waals surface area contributed by atoms with E-state index in [2.05, 4.69) is 10.2 Å². The van der Waals surface area contributed by atoms with E-state index in [0.717, 1.165) is 17.3 Å². The average Bonchev–Trinajstić information content (AvgIpc) is 2.99. The lowest BCUT2D eigenvalue weighted by atomic mass is 10.1. The van der Waals surface area contributed by atoms with Crippen LogP contribution in [0.25, 0.3) is 0 Å². The van der Waals surface area contributed by atoms with Crippen LogP contribution in [0, 0.1) is 29.1 Å². The van der Waals surface area contributed by atoms with E-state index in [-0.39, 0.29) is 0 Å². The monoisotopic (exact) mass is 385 g/mol. The summed E-state index contributed by atoms with van der Waals surface area (Å²) in [4.78, 5) is 0. The Morgan fingerprint density at radius 1 is 0.846 bits per heavy atom. The third-order valence-corrected chi connectivity index (χ3v) is 4.82. The van der Waals surface area contributed by atoms with Crippen LogP contribution in [0.5, 0.6) is 0 Å². The molecule has 3 rings (SSSR count). The summed E-state index contributed by atoms with van der Waals surface area (Å²) in [5.41, 5.74) is 0.110. The zero-order valence-corrected chi connectivity index (χ0v) is 14.3. The van der Waals surface area contributed by atoms with Crippen molar-refractivity contribution in [1.82, 2.24) is 14.8 Å². The molecule has 3 aromatic rings. The molecule has 1 heterocycles. The summed E-state index contributed by atoms with van der Waals surface area (Å²) in [5, 5.41) is 8.24. The number of hydrogen-bond donors (Lipinski definition) is 0. The Morgan fingerprint density at radius 3 is 2.04 bits per heavy atom. The Balaban J connectivity index is 1.80. The third-order valence-electron chi connectivity index (χ3n) is 3.78. The fourth-order valence-corrected chi connectivity index (χ4v) is 3.24. The molecule has 0 bridgehead atoms. The van der Waals surface area contributed by atoms with Crippen LogP contribution < -0.4 is 0 Å². The quantitative estimate of drug-likeness (QED) is 0.282. The predicted molar refractivity (Wildman–Crippen MR) is 86.0 cm³/mol. The molecule has 0 aliphatic heterocycles. The van der Waals surface area contributed by atoms with Gasteiger partial charge in [0.2, 0.25) is 5.82 Å². The van der Waals surface area contributed by atoms with Gasteiger partial charge in [0, 0.05) is 24.8 Å². The Labute approximate surface area is 149 Å². The maximum absolute atomic E-state index is 13.7. The largest absolute Gasteiger partial charge is 0.309 e. The highest BCUT2D eigenvalue weighted by atomic mass is 32.2. The lowest BCUT2D eigenvalue weighted by Crippen LogP contribution is -2.06. The first-order chi connectivity index (χ1) is 12.4. The standard InChI is InChI=1S/C17H12F5N3S/c1-25-11(7-9-5-3-2-4-6-9)23-24-17(25)26-8-10-12(18)14(20)16(22)15(21)13(10)19/h2-6H,7-8H2,1H3. The van der Waals surface area contributed by atoms with E-state index in [1.54, 1.807) is 11.6 Å². The number of thioether (sulfide) groups is 1. The second-order valence-electron chi connectivity index (χ2n) is 5.46. The topological polar surface area (TPSA) is 30.7 Å². The van der Waals surface area contributed by atoms with Gasteiger partial charge in [-0.15, -0.1) is 10.2 Å². The van der Waals surface area contributed by atoms with E-state index in [4.69, 9.17) is 0 Å². The van der Waals surface area contributed by atoms with Gasteiger partial charge in [0.25, 0.3) is 0 Å². The lowest BCUT2D eigenvalue weighted by Gasteiger charge is -2.08. The summed E-state index contributed by atoms with van der Waals surface area (Å²) in [6.07, 6.45) is 0.493. The molecule has 136 valence electrons. The highest BCUT2D eigenvalue weighted by Gasteiger charge is 2.26. The molecule has 0 amide bonds. The second kappa shape index (κ2) is 7.45. The fourth-order valence-electron chi connectivity index (χ4n) is 2.32. The first-order valence-electron chi connectivity index (χ1n) is 7.45. The van der Waals surface area contributed by atoms with Crippen LogP contribution in [0.2, 0.25) is 0 Å². The molecule has 2 aromatic carbocycles. The molecule has 1 aromatic heterocycles. The molecule has 0 N–H and O–H groups in total. The van der Waals surface area contributed by atoms with Crippen LogP contribution in [0.3, 0.4) is 0 Å².